The van der Waals surface area contributed by atoms with Crippen LogP contribution in [0.4, 0.5) is 0 Å². The Labute approximate surface area is 75.9 Å². The van der Waals surface area contributed by atoms with Gasteiger partial charge in [-0.3, -0.25) is 4.79 Å². The second kappa shape index (κ2) is 3.60. The van der Waals surface area contributed by atoms with Crippen molar-refractivity contribution in [1.82, 2.24) is 10.2 Å². The van der Waals surface area contributed by atoms with Crippen molar-refractivity contribution in [2.45, 2.75) is 31.8 Å². The minimum absolute atomic E-state index is 0.213. The van der Waals surface area contributed by atoms with E-state index in [9.17, 15) is 4.79 Å². The highest BCUT2D eigenvalue weighted by atomic mass is 16.5. The summed E-state index contributed by atoms with van der Waals surface area (Å²) in [5.41, 5.74) is -0.213. The predicted molar refractivity (Wildman–Crippen MR) is 47.7 cm³/mol. The molecule has 1 aliphatic rings. The number of nitrogens with zero attached hydrogens (tertiary/aromatic N) is 1. The van der Waals surface area contributed by atoms with Crippen LogP contribution in [0.2, 0.25) is 0 Å². The summed E-state index contributed by atoms with van der Waals surface area (Å²) in [4.78, 5) is 10.9. The molecule has 0 bridgehead atoms. The topological polar surface area (TPSA) is 55.0 Å². The molecule has 1 heterocycles. The third-order valence-electron chi connectivity index (χ3n) is 2.24. The van der Waals surface area contributed by atoms with E-state index < -0.39 is 0 Å². The van der Waals surface area contributed by atoms with Crippen LogP contribution < -0.4 is 10.3 Å². The van der Waals surface area contributed by atoms with Crippen molar-refractivity contribution in [3.63, 3.8) is 0 Å². The van der Waals surface area contributed by atoms with E-state index in [4.69, 9.17) is 4.74 Å². The van der Waals surface area contributed by atoms with Crippen LogP contribution in [0.3, 0.4) is 0 Å². The summed E-state index contributed by atoms with van der Waals surface area (Å²) in [6, 6.07) is 1.44. The third-order valence-corrected chi connectivity index (χ3v) is 2.24. The van der Waals surface area contributed by atoms with Crippen LogP contribution >= 0.6 is 0 Å². The average Bonchev–Trinajstić information content (AvgIpc) is 2.57. The molecule has 0 aliphatic heterocycles. The number of aromatic amines is 1. The first-order valence-corrected chi connectivity index (χ1v) is 4.56. The van der Waals surface area contributed by atoms with Gasteiger partial charge >= 0.3 is 0 Å². The largest absolute Gasteiger partial charge is 0.489 e. The molecule has 0 radical (unpaired) electrons. The molecule has 1 aromatic rings. The summed E-state index contributed by atoms with van der Waals surface area (Å²) in [6.07, 6.45) is 6.45. The van der Waals surface area contributed by atoms with Crippen molar-refractivity contribution in [2.24, 2.45) is 0 Å². The van der Waals surface area contributed by atoms with E-state index in [1.165, 1.54) is 18.9 Å². The molecule has 4 nitrogen and oxygen atoms in total. The Morgan fingerprint density at radius 3 is 2.92 bits per heavy atom. The molecule has 0 unspecified atom stereocenters. The zero-order valence-corrected chi connectivity index (χ0v) is 7.32. The van der Waals surface area contributed by atoms with E-state index in [0.29, 0.717) is 5.75 Å². The highest BCUT2D eigenvalue weighted by molar-refractivity contribution is 5.13. The lowest BCUT2D eigenvalue weighted by atomic mass is 10.3. The standard InChI is InChI=1S/C9H12N2O2/c12-9-5-8(6-10-11-9)13-7-3-1-2-4-7/h5-7H,1-4H2,(H,11,12). The molecule has 1 aliphatic carbocycles. The van der Waals surface area contributed by atoms with E-state index in [0.717, 1.165) is 12.8 Å². The van der Waals surface area contributed by atoms with Gasteiger partial charge < -0.3 is 4.74 Å². The molecule has 4 heteroatoms. The van der Waals surface area contributed by atoms with Crippen molar-refractivity contribution in [3.8, 4) is 5.75 Å². The fraction of sp³-hybridized carbons (Fsp3) is 0.556. The lowest BCUT2D eigenvalue weighted by molar-refractivity contribution is 0.208. The second-order valence-electron chi connectivity index (χ2n) is 3.31. The molecule has 1 saturated carbocycles. The summed E-state index contributed by atoms with van der Waals surface area (Å²) in [5.74, 6) is 0.579. The second-order valence-corrected chi connectivity index (χ2v) is 3.31. The van der Waals surface area contributed by atoms with Gasteiger partial charge in [-0.1, -0.05) is 0 Å². The number of aromatic nitrogens is 2. The van der Waals surface area contributed by atoms with Gasteiger partial charge in [0.1, 0.15) is 5.75 Å². The quantitative estimate of drug-likeness (QED) is 0.741. The van der Waals surface area contributed by atoms with Crippen molar-refractivity contribution >= 4 is 0 Å². The fourth-order valence-corrected chi connectivity index (χ4v) is 1.62. The van der Waals surface area contributed by atoms with Crippen LogP contribution in [0.15, 0.2) is 17.1 Å². The molecule has 0 saturated heterocycles. The van der Waals surface area contributed by atoms with Crippen molar-refractivity contribution in [2.75, 3.05) is 0 Å². The van der Waals surface area contributed by atoms with Crippen LogP contribution in [0.5, 0.6) is 5.75 Å². The maximum absolute atomic E-state index is 10.9. The van der Waals surface area contributed by atoms with Crippen LogP contribution in [0, 0.1) is 0 Å². The smallest absolute Gasteiger partial charge is 0.267 e. The lowest BCUT2D eigenvalue weighted by Gasteiger charge is -2.11. The van der Waals surface area contributed by atoms with E-state index in [2.05, 4.69) is 10.2 Å². The van der Waals surface area contributed by atoms with Crippen LogP contribution in [0.1, 0.15) is 25.7 Å². The van der Waals surface area contributed by atoms with E-state index >= 15 is 0 Å². The Morgan fingerprint density at radius 2 is 2.23 bits per heavy atom. The molecule has 70 valence electrons. The summed E-state index contributed by atoms with van der Waals surface area (Å²) in [6.45, 7) is 0. The van der Waals surface area contributed by atoms with Crippen LogP contribution in [-0.2, 0) is 0 Å². The predicted octanol–water partition coefficient (Wildman–Crippen LogP) is 1.09. The van der Waals surface area contributed by atoms with Crippen molar-refractivity contribution < 1.29 is 4.74 Å². The minimum atomic E-state index is -0.213. The summed E-state index contributed by atoms with van der Waals surface area (Å²) >= 11 is 0. The SMILES string of the molecule is O=c1cc(OC2CCCC2)cn[nH]1. The molecule has 13 heavy (non-hydrogen) atoms. The molecule has 0 aromatic carbocycles. The third kappa shape index (κ3) is 2.08. The highest BCUT2D eigenvalue weighted by Crippen LogP contribution is 2.22. The van der Waals surface area contributed by atoms with Gasteiger partial charge in [0.15, 0.2) is 0 Å². The van der Waals surface area contributed by atoms with E-state index in [1.54, 1.807) is 6.20 Å². The fourth-order valence-electron chi connectivity index (χ4n) is 1.62. The van der Waals surface area contributed by atoms with Gasteiger partial charge in [0.25, 0.3) is 5.56 Å². The molecular weight excluding hydrogens is 168 g/mol. The number of H-pyrrole nitrogens is 1. The monoisotopic (exact) mass is 180 g/mol. The summed E-state index contributed by atoms with van der Waals surface area (Å²) in [7, 11) is 0. The van der Waals surface area contributed by atoms with Gasteiger partial charge in [0.2, 0.25) is 0 Å². The molecule has 2 rings (SSSR count). The van der Waals surface area contributed by atoms with Gasteiger partial charge in [-0.15, -0.1) is 0 Å². The number of hydrogen-bond acceptors (Lipinski definition) is 3. The number of hydrogen-bond donors (Lipinski definition) is 1. The first kappa shape index (κ1) is 8.29. The zero-order valence-electron chi connectivity index (χ0n) is 7.32. The Morgan fingerprint density at radius 1 is 1.46 bits per heavy atom. The number of nitrogens with one attached hydrogen (secondary N) is 1. The van der Waals surface area contributed by atoms with Gasteiger partial charge in [-0.2, -0.15) is 5.10 Å². The molecule has 0 amide bonds. The number of rotatable bonds is 2. The van der Waals surface area contributed by atoms with Crippen LogP contribution in [-0.4, -0.2) is 16.3 Å². The van der Waals surface area contributed by atoms with Gasteiger partial charge in [0.05, 0.1) is 12.3 Å². The first-order chi connectivity index (χ1) is 6.34. The first-order valence-electron chi connectivity index (χ1n) is 4.56. The summed E-state index contributed by atoms with van der Waals surface area (Å²) < 4.78 is 5.57. The van der Waals surface area contributed by atoms with Crippen molar-refractivity contribution in [1.29, 1.82) is 0 Å². The number of ether oxygens (including phenoxy) is 1. The zero-order chi connectivity index (χ0) is 9.10. The Kier molecular flexibility index (Phi) is 2.29. The molecular formula is C9H12N2O2. The Balaban J connectivity index is 2.04. The molecule has 0 spiro atoms. The normalized spacial score (nSPS) is 17.5. The van der Waals surface area contributed by atoms with Gasteiger partial charge in [-0.25, -0.2) is 5.10 Å². The van der Waals surface area contributed by atoms with Gasteiger partial charge in [0, 0.05) is 6.07 Å². The molecule has 1 aromatic heterocycles. The lowest BCUT2D eigenvalue weighted by Crippen LogP contribution is -2.14. The highest BCUT2D eigenvalue weighted by Gasteiger charge is 2.16. The van der Waals surface area contributed by atoms with Crippen LogP contribution in [0.25, 0.3) is 0 Å². The summed E-state index contributed by atoms with van der Waals surface area (Å²) in [5, 5.41) is 5.97. The molecule has 1 fully saturated rings. The maximum Gasteiger partial charge on any atom is 0.267 e. The average molecular weight is 180 g/mol. The van der Waals surface area contributed by atoms with E-state index in [1.807, 2.05) is 0 Å². The van der Waals surface area contributed by atoms with Gasteiger partial charge in [-0.05, 0) is 25.7 Å². The Bertz CT molecular complexity index is 328. The molecule has 0 atom stereocenters. The Hall–Kier alpha value is -1.32. The minimum Gasteiger partial charge on any atom is -0.489 e. The van der Waals surface area contributed by atoms with Crippen molar-refractivity contribution in [3.05, 3.63) is 22.6 Å². The van der Waals surface area contributed by atoms with E-state index in [-0.39, 0.29) is 11.7 Å². The maximum atomic E-state index is 10.9. The molecule has 1 N–H and O–H groups in total.